The van der Waals surface area contributed by atoms with Crippen LogP contribution in [0.5, 0.6) is 0 Å². The first-order chi connectivity index (χ1) is 10.1. The van der Waals surface area contributed by atoms with Crippen molar-refractivity contribution in [1.29, 1.82) is 0 Å². The molecule has 0 aliphatic carbocycles. The van der Waals surface area contributed by atoms with Crippen molar-refractivity contribution < 1.29 is 19.0 Å². The fourth-order valence-corrected chi connectivity index (χ4v) is 1.80. The lowest BCUT2D eigenvalue weighted by Gasteiger charge is -2.28. The van der Waals surface area contributed by atoms with E-state index in [4.69, 9.17) is 14.2 Å². The van der Waals surface area contributed by atoms with Crippen LogP contribution in [0.1, 0.15) is 53.4 Å². The summed E-state index contributed by atoms with van der Waals surface area (Å²) in [5.41, 5.74) is -0.672. The Balaban J connectivity index is 3.93. The van der Waals surface area contributed by atoms with E-state index in [1.807, 2.05) is 13.8 Å². The van der Waals surface area contributed by atoms with Crippen LogP contribution in [0.4, 0.5) is 0 Å². The van der Waals surface area contributed by atoms with Gasteiger partial charge >= 0.3 is 5.97 Å². The average Bonchev–Trinajstić information content (AvgIpc) is 2.48. The molecule has 0 amide bonds. The molecule has 0 bridgehead atoms. The second-order valence-electron chi connectivity index (χ2n) is 5.31. The lowest BCUT2D eigenvalue weighted by Crippen LogP contribution is -2.51. The normalized spacial score (nSPS) is 13.9. The fraction of sp³-hybridized carbons (Fsp3) is 0.938. The zero-order valence-corrected chi connectivity index (χ0v) is 14.2. The molecule has 126 valence electrons. The Kier molecular flexibility index (Phi) is 12.6. The summed E-state index contributed by atoms with van der Waals surface area (Å²) in [6.45, 7) is 11.6. The molecule has 0 aromatic rings. The maximum atomic E-state index is 12.0. The fourth-order valence-electron chi connectivity index (χ4n) is 1.80. The predicted molar refractivity (Wildman–Crippen MR) is 84.5 cm³/mol. The van der Waals surface area contributed by atoms with Crippen molar-refractivity contribution in [3.05, 3.63) is 0 Å². The van der Waals surface area contributed by atoms with Gasteiger partial charge < -0.3 is 19.5 Å². The van der Waals surface area contributed by atoms with Crippen LogP contribution in [0, 0.1) is 0 Å². The second kappa shape index (κ2) is 13.0. The predicted octanol–water partition coefficient (Wildman–Crippen LogP) is 2.53. The second-order valence-corrected chi connectivity index (χ2v) is 5.31. The standard InChI is InChI=1S/C16H33NO4/c1-5-8-11-19-13-14-20-12-9-16(4,17-10-6-2)15(18)21-7-3/h17H,5-14H2,1-4H3. The number of rotatable bonds is 14. The van der Waals surface area contributed by atoms with Gasteiger partial charge in [0, 0.05) is 13.2 Å². The number of unbranched alkanes of at least 4 members (excludes halogenated alkanes) is 1. The summed E-state index contributed by atoms with van der Waals surface area (Å²) in [6.07, 6.45) is 3.80. The third-order valence-corrected chi connectivity index (χ3v) is 3.25. The summed E-state index contributed by atoms with van der Waals surface area (Å²) < 4.78 is 16.1. The van der Waals surface area contributed by atoms with Crippen LogP contribution in [0.25, 0.3) is 0 Å². The van der Waals surface area contributed by atoms with E-state index in [0.717, 1.165) is 32.4 Å². The van der Waals surface area contributed by atoms with Crippen LogP contribution in [0.2, 0.25) is 0 Å². The van der Waals surface area contributed by atoms with Crippen LogP contribution in [0.3, 0.4) is 0 Å². The van der Waals surface area contributed by atoms with Gasteiger partial charge in [-0.2, -0.15) is 0 Å². The molecule has 21 heavy (non-hydrogen) atoms. The topological polar surface area (TPSA) is 56.8 Å². The minimum Gasteiger partial charge on any atom is -0.465 e. The molecule has 0 aliphatic heterocycles. The molecule has 0 saturated carbocycles. The Bertz CT molecular complexity index is 261. The highest BCUT2D eigenvalue weighted by molar-refractivity contribution is 5.80. The van der Waals surface area contributed by atoms with E-state index < -0.39 is 5.54 Å². The quantitative estimate of drug-likeness (QED) is 0.395. The highest BCUT2D eigenvalue weighted by atomic mass is 16.5. The molecule has 0 saturated heterocycles. The maximum absolute atomic E-state index is 12.0. The van der Waals surface area contributed by atoms with E-state index in [1.54, 1.807) is 0 Å². The largest absolute Gasteiger partial charge is 0.465 e. The molecule has 1 unspecified atom stereocenters. The minimum atomic E-state index is -0.672. The lowest BCUT2D eigenvalue weighted by molar-refractivity contribution is -0.151. The molecule has 1 atom stereocenters. The van der Waals surface area contributed by atoms with Crippen molar-refractivity contribution in [1.82, 2.24) is 5.32 Å². The Morgan fingerprint density at radius 3 is 2.24 bits per heavy atom. The molecule has 0 radical (unpaired) electrons. The first-order valence-corrected chi connectivity index (χ1v) is 8.18. The van der Waals surface area contributed by atoms with E-state index in [1.165, 1.54) is 0 Å². The van der Waals surface area contributed by atoms with E-state index in [2.05, 4.69) is 19.2 Å². The highest BCUT2D eigenvalue weighted by Crippen LogP contribution is 2.12. The zero-order chi connectivity index (χ0) is 16.0. The lowest BCUT2D eigenvalue weighted by atomic mass is 9.98. The van der Waals surface area contributed by atoms with Crippen molar-refractivity contribution in [3.8, 4) is 0 Å². The molecule has 1 N–H and O–H groups in total. The Hall–Kier alpha value is -0.650. The molecule has 0 spiro atoms. The van der Waals surface area contributed by atoms with Gasteiger partial charge in [0.2, 0.25) is 0 Å². The summed E-state index contributed by atoms with van der Waals surface area (Å²) in [5.74, 6) is -0.207. The van der Waals surface area contributed by atoms with Gasteiger partial charge in [0.1, 0.15) is 5.54 Å². The first-order valence-electron chi connectivity index (χ1n) is 8.18. The van der Waals surface area contributed by atoms with Gasteiger partial charge in [-0.05, 0) is 39.7 Å². The Labute approximate surface area is 129 Å². The van der Waals surface area contributed by atoms with Gasteiger partial charge in [-0.1, -0.05) is 20.3 Å². The summed E-state index contributed by atoms with van der Waals surface area (Å²) >= 11 is 0. The molecular weight excluding hydrogens is 270 g/mol. The van der Waals surface area contributed by atoms with Crippen molar-refractivity contribution in [2.75, 3.05) is 39.6 Å². The number of esters is 1. The molecule has 5 nitrogen and oxygen atoms in total. The summed E-state index contributed by atoms with van der Waals surface area (Å²) in [4.78, 5) is 12.0. The number of carbonyl (C=O) groups excluding carboxylic acids is 1. The molecule has 0 heterocycles. The first kappa shape index (κ1) is 20.3. The van der Waals surface area contributed by atoms with Crippen molar-refractivity contribution >= 4 is 5.97 Å². The number of hydrogen-bond acceptors (Lipinski definition) is 5. The van der Waals surface area contributed by atoms with E-state index in [-0.39, 0.29) is 5.97 Å². The van der Waals surface area contributed by atoms with E-state index >= 15 is 0 Å². The average molecular weight is 303 g/mol. The van der Waals surface area contributed by atoms with E-state index in [0.29, 0.717) is 32.8 Å². The van der Waals surface area contributed by atoms with Crippen molar-refractivity contribution in [2.24, 2.45) is 0 Å². The Morgan fingerprint density at radius 1 is 1.00 bits per heavy atom. The van der Waals surface area contributed by atoms with Crippen LogP contribution in [0.15, 0.2) is 0 Å². The van der Waals surface area contributed by atoms with Crippen LogP contribution in [-0.4, -0.2) is 51.1 Å². The highest BCUT2D eigenvalue weighted by Gasteiger charge is 2.33. The molecule has 0 rings (SSSR count). The minimum absolute atomic E-state index is 0.207. The van der Waals surface area contributed by atoms with Crippen LogP contribution >= 0.6 is 0 Å². The number of nitrogens with one attached hydrogen (secondary N) is 1. The molecular formula is C16H33NO4. The van der Waals surface area contributed by atoms with E-state index in [9.17, 15) is 4.79 Å². The van der Waals surface area contributed by atoms with Crippen LogP contribution in [-0.2, 0) is 19.0 Å². The number of hydrogen-bond donors (Lipinski definition) is 1. The monoisotopic (exact) mass is 303 g/mol. The van der Waals surface area contributed by atoms with Gasteiger partial charge in [0.25, 0.3) is 0 Å². The number of ether oxygens (including phenoxy) is 3. The molecule has 0 aliphatic rings. The van der Waals surface area contributed by atoms with Gasteiger partial charge in [-0.25, -0.2) is 0 Å². The smallest absolute Gasteiger partial charge is 0.326 e. The maximum Gasteiger partial charge on any atom is 0.326 e. The number of carbonyl (C=O) groups is 1. The summed E-state index contributed by atoms with van der Waals surface area (Å²) in [6, 6.07) is 0. The van der Waals surface area contributed by atoms with Gasteiger partial charge in [-0.15, -0.1) is 0 Å². The molecule has 0 fully saturated rings. The zero-order valence-electron chi connectivity index (χ0n) is 14.2. The summed E-state index contributed by atoms with van der Waals surface area (Å²) in [5, 5.41) is 3.26. The molecule has 5 heteroatoms. The van der Waals surface area contributed by atoms with Gasteiger partial charge in [0.05, 0.1) is 19.8 Å². The summed E-state index contributed by atoms with van der Waals surface area (Å²) in [7, 11) is 0. The molecule has 0 aromatic carbocycles. The third-order valence-electron chi connectivity index (χ3n) is 3.25. The Morgan fingerprint density at radius 2 is 1.67 bits per heavy atom. The van der Waals surface area contributed by atoms with Crippen LogP contribution < -0.4 is 5.32 Å². The van der Waals surface area contributed by atoms with Gasteiger partial charge in [-0.3, -0.25) is 4.79 Å². The van der Waals surface area contributed by atoms with Crippen molar-refractivity contribution in [2.45, 2.75) is 58.9 Å². The third kappa shape index (κ3) is 9.82. The molecule has 0 aromatic heterocycles. The SMILES string of the molecule is CCCCOCCOCCC(C)(NCCC)C(=O)OCC. The van der Waals surface area contributed by atoms with Gasteiger partial charge in [0.15, 0.2) is 0 Å². The van der Waals surface area contributed by atoms with Crippen molar-refractivity contribution in [3.63, 3.8) is 0 Å².